The topological polar surface area (TPSA) is 26.0 Å². The summed E-state index contributed by atoms with van der Waals surface area (Å²) in [6.45, 7) is 0. The molecule has 0 aliphatic rings. The summed E-state index contributed by atoms with van der Waals surface area (Å²) in [5.74, 6) is 0.489. The van der Waals surface area contributed by atoms with Crippen molar-refractivity contribution >= 4 is 39.9 Å². The highest BCUT2D eigenvalue weighted by Gasteiger charge is 1.98. The predicted octanol–water partition coefficient (Wildman–Crippen LogP) is 2.61. The number of anilines is 1. The summed E-state index contributed by atoms with van der Waals surface area (Å²) in [4.78, 5) is 0. The number of rotatable bonds is 1. The number of hydrogen-bond acceptors (Lipinski definition) is 1. The van der Waals surface area contributed by atoms with E-state index in [2.05, 4.69) is 22.6 Å². The lowest BCUT2D eigenvalue weighted by atomic mass is 10.2. The van der Waals surface area contributed by atoms with E-state index in [1.54, 1.807) is 0 Å². The van der Waals surface area contributed by atoms with Gasteiger partial charge in [0.25, 0.3) is 0 Å². The lowest BCUT2D eigenvalue weighted by Gasteiger charge is -2.01. The van der Waals surface area contributed by atoms with Gasteiger partial charge in [-0.25, -0.2) is 0 Å². The van der Waals surface area contributed by atoms with Crippen molar-refractivity contribution in [2.75, 3.05) is 5.73 Å². The van der Waals surface area contributed by atoms with E-state index >= 15 is 0 Å². The molecule has 0 radical (unpaired) electrons. The molecule has 2 N–H and O–H groups in total. The monoisotopic (exact) mass is 267 g/mol. The van der Waals surface area contributed by atoms with E-state index in [4.69, 9.17) is 17.3 Å². The van der Waals surface area contributed by atoms with E-state index in [9.17, 15) is 0 Å². The average Bonchev–Trinajstić information content (AvgIpc) is 1.95. The molecule has 1 nitrogen and oxygen atoms in total. The van der Waals surface area contributed by atoms with Crippen molar-refractivity contribution < 1.29 is 0 Å². The molecule has 3 heteroatoms. The first kappa shape index (κ1) is 8.14. The second-order valence-corrected chi connectivity index (χ2v) is 3.38. The van der Waals surface area contributed by atoms with Gasteiger partial charge in [-0.2, -0.15) is 0 Å². The molecule has 0 saturated heterocycles. The maximum atomic E-state index is 5.70. The molecule has 1 aromatic rings. The molecule has 0 amide bonds. The van der Waals surface area contributed by atoms with Crippen molar-refractivity contribution in [3.8, 4) is 0 Å². The normalized spacial score (nSPS) is 9.80. The van der Waals surface area contributed by atoms with Crippen LogP contribution in [0, 0.1) is 3.57 Å². The standard InChI is InChI=1S/C7H7ClIN/c8-4-5-2-1-3-6(9)7(5)10/h1-3H,4,10H2. The van der Waals surface area contributed by atoms with Crippen molar-refractivity contribution in [1.82, 2.24) is 0 Å². The first-order chi connectivity index (χ1) is 4.75. The summed E-state index contributed by atoms with van der Waals surface area (Å²) in [6, 6.07) is 5.85. The predicted molar refractivity (Wildman–Crippen MR) is 53.1 cm³/mol. The Morgan fingerprint density at radius 1 is 1.50 bits per heavy atom. The Kier molecular flexibility index (Phi) is 2.80. The van der Waals surface area contributed by atoms with E-state index in [1.165, 1.54) is 0 Å². The third-order valence-corrected chi connectivity index (χ3v) is 2.52. The molecule has 0 aromatic heterocycles. The Morgan fingerprint density at radius 3 is 2.70 bits per heavy atom. The summed E-state index contributed by atoms with van der Waals surface area (Å²) in [7, 11) is 0. The molecule has 0 spiro atoms. The zero-order valence-electron chi connectivity index (χ0n) is 5.27. The Labute approximate surface area is 78.7 Å². The van der Waals surface area contributed by atoms with E-state index in [0.717, 1.165) is 14.8 Å². The van der Waals surface area contributed by atoms with Crippen LogP contribution < -0.4 is 5.73 Å². The number of benzene rings is 1. The van der Waals surface area contributed by atoms with Crippen LogP contribution in [0.3, 0.4) is 0 Å². The molecular formula is C7H7ClIN. The van der Waals surface area contributed by atoms with Crippen LogP contribution in [-0.4, -0.2) is 0 Å². The number of alkyl halides is 1. The molecule has 10 heavy (non-hydrogen) atoms. The van der Waals surface area contributed by atoms with Crippen LogP contribution in [0.15, 0.2) is 18.2 Å². The number of para-hydroxylation sites is 1. The molecule has 0 bridgehead atoms. The van der Waals surface area contributed by atoms with Crippen molar-refractivity contribution in [3.63, 3.8) is 0 Å². The Morgan fingerprint density at radius 2 is 2.20 bits per heavy atom. The first-order valence-corrected chi connectivity index (χ1v) is 4.46. The van der Waals surface area contributed by atoms with Crippen LogP contribution in [0.2, 0.25) is 0 Å². The molecule has 0 atom stereocenters. The highest BCUT2D eigenvalue weighted by molar-refractivity contribution is 14.1. The maximum absolute atomic E-state index is 5.70. The van der Waals surface area contributed by atoms with Gasteiger partial charge in [-0.1, -0.05) is 12.1 Å². The van der Waals surface area contributed by atoms with Crippen molar-refractivity contribution in [1.29, 1.82) is 0 Å². The van der Waals surface area contributed by atoms with Crippen LogP contribution in [0.25, 0.3) is 0 Å². The molecule has 0 aliphatic carbocycles. The fraction of sp³-hybridized carbons (Fsp3) is 0.143. The molecule has 1 rings (SSSR count). The minimum absolute atomic E-state index is 0.489. The molecule has 0 saturated carbocycles. The van der Waals surface area contributed by atoms with E-state index in [1.807, 2.05) is 18.2 Å². The smallest absolute Gasteiger partial charge is 0.0494 e. The second kappa shape index (κ2) is 3.44. The summed E-state index contributed by atoms with van der Waals surface area (Å²) < 4.78 is 1.07. The van der Waals surface area contributed by atoms with Crippen molar-refractivity contribution in [3.05, 3.63) is 27.3 Å². The largest absolute Gasteiger partial charge is 0.398 e. The fourth-order valence-corrected chi connectivity index (χ4v) is 1.49. The van der Waals surface area contributed by atoms with Gasteiger partial charge >= 0.3 is 0 Å². The third kappa shape index (κ3) is 1.55. The zero-order chi connectivity index (χ0) is 7.56. The average molecular weight is 267 g/mol. The van der Waals surface area contributed by atoms with Gasteiger partial charge in [-0.05, 0) is 34.2 Å². The summed E-state index contributed by atoms with van der Waals surface area (Å²) in [5, 5.41) is 0. The van der Waals surface area contributed by atoms with Crippen molar-refractivity contribution in [2.45, 2.75) is 5.88 Å². The highest BCUT2D eigenvalue weighted by atomic mass is 127. The van der Waals surface area contributed by atoms with Crippen LogP contribution in [0.1, 0.15) is 5.56 Å². The van der Waals surface area contributed by atoms with Crippen LogP contribution >= 0.6 is 34.2 Å². The van der Waals surface area contributed by atoms with E-state index in [0.29, 0.717) is 5.88 Å². The molecule has 0 unspecified atom stereocenters. The summed E-state index contributed by atoms with van der Waals surface area (Å²) in [6.07, 6.45) is 0. The SMILES string of the molecule is Nc1c(I)cccc1CCl. The summed E-state index contributed by atoms with van der Waals surface area (Å²) >= 11 is 7.81. The third-order valence-electron chi connectivity index (χ3n) is 1.29. The molecule has 1 aromatic carbocycles. The number of hydrogen-bond donors (Lipinski definition) is 1. The molecule has 0 aliphatic heterocycles. The van der Waals surface area contributed by atoms with Crippen LogP contribution in [0.5, 0.6) is 0 Å². The number of nitrogen functional groups attached to an aromatic ring is 1. The lowest BCUT2D eigenvalue weighted by molar-refractivity contribution is 1.39. The van der Waals surface area contributed by atoms with Crippen LogP contribution in [0.4, 0.5) is 5.69 Å². The van der Waals surface area contributed by atoms with Gasteiger partial charge in [0.1, 0.15) is 0 Å². The molecule has 0 heterocycles. The van der Waals surface area contributed by atoms with Gasteiger partial charge in [0, 0.05) is 15.1 Å². The quantitative estimate of drug-likeness (QED) is 0.472. The highest BCUT2D eigenvalue weighted by Crippen LogP contribution is 2.20. The van der Waals surface area contributed by atoms with Crippen molar-refractivity contribution in [2.24, 2.45) is 0 Å². The molecule has 0 fully saturated rings. The van der Waals surface area contributed by atoms with Gasteiger partial charge < -0.3 is 5.73 Å². The van der Waals surface area contributed by atoms with E-state index < -0.39 is 0 Å². The first-order valence-electron chi connectivity index (χ1n) is 2.84. The lowest BCUT2D eigenvalue weighted by Crippen LogP contribution is -1.93. The zero-order valence-corrected chi connectivity index (χ0v) is 8.19. The van der Waals surface area contributed by atoms with Crippen LogP contribution in [-0.2, 0) is 5.88 Å². The molecule has 54 valence electrons. The van der Waals surface area contributed by atoms with Gasteiger partial charge in [0.2, 0.25) is 0 Å². The number of nitrogens with two attached hydrogens (primary N) is 1. The maximum Gasteiger partial charge on any atom is 0.0494 e. The van der Waals surface area contributed by atoms with Gasteiger partial charge in [-0.3, -0.25) is 0 Å². The minimum Gasteiger partial charge on any atom is -0.398 e. The second-order valence-electron chi connectivity index (χ2n) is 1.95. The Hall–Kier alpha value is 0.0400. The fourth-order valence-electron chi connectivity index (χ4n) is 0.698. The Bertz CT molecular complexity index is 237. The minimum atomic E-state index is 0.489. The summed E-state index contributed by atoms with van der Waals surface area (Å²) in [5.41, 5.74) is 7.51. The van der Waals surface area contributed by atoms with E-state index in [-0.39, 0.29) is 0 Å². The Balaban J connectivity index is 3.14. The van der Waals surface area contributed by atoms with Gasteiger partial charge in [0.15, 0.2) is 0 Å². The molecular weight excluding hydrogens is 260 g/mol. The van der Waals surface area contributed by atoms with Gasteiger partial charge in [0.05, 0.1) is 0 Å². The van der Waals surface area contributed by atoms with Gasteiger partial charge in [-0.15, -0.1) is 11.6 Å². The number of halogens is 2.